The molecule has 0 aromatic rings. The maximum absolute atomic E-state index is 10.7. The van der Waals surface area contributed by atoms with E-state index in [0.717, 1.165) is 30.7 Å². The Morgan fingerprint density at radius 3 is 2.15 bits per heavy atom. The van der Waals surface area contributed by atoms with Gasteiger partial charge in [0, 0.05) is 13.1 Å². The zero-order valence-corrected chi connectivity index (χ0v) is 9.07. The van der Waals surface area contributed by atoms with Crippen LogP contribution >= 0.6 is 7.60 Å². The SMILES string of the molecule is C[N+]1(C)CCN(CP(=O)(O)O)CC1. The third-order valence-electron chi connectivity index (χ3n) is 2.43. The molecule has 1 aliphatic rings. The molecule has 1 heterocycles. The Bertz CT molecular complexity index is 216. The zero-order chi connectivity index (χ0) is 10.1. The maximum atomic E-state index is 10.7. The van der Waals surface area contributed by atoms with E-state index in [9.17, 15) is 4.57 Å². The van der Waals surface area contributed by atoms with Crippen molar-refractivity contribution in [1.29, 1.82) is 0 Å². The second-order valence-electron chi connectivity index (χ2n) is 4.31. The first-order valence-corrected chi connectivity index (χ1v) is 6.17. The van der Waals surface area contributed by atoms with Gasteiger partial charge in [-0.1, -0.05) is 0 Å². The molecule has 1 rings (SSSR count). The van der Waals surface area contributed by atoms with Gasteiger partial charge in [-0.15, -0.1) is 0 Å². The number of hydrogen-bond donors (Lipinski definition) is 2. The normalized spacial score (nSPS) is 24.6. The van der Waals surface area contributed by atoms with Crippen LogP contribution in [0.3, 0.4) is 0 Å². The fourth-order valence-corrected chi connectivity index (χ4v) is 2.25. The van der Waals surface area contributed by atoms with Crippen molar-refractivity contribution in [3.8, 4) is 0 Å². The summed E-state index contributed by atoms with van der Waals surface area (Å²) in [6.07, 6.45) is -0.0903. The van der Waals surface area contributed by atoms with Gasteiger partial charge in [0.1, 0.15) is 6.29 Å². The highest BCUT2D eigenvalue weighted by Crippen LogP contribution is 2.35. The largest absolute Gasteiger partial charge is 0.339 e. The highest BCUT2D eigenvalue weighted by Gasteiger charge is 2.28. The first-order valence-electron chi connectivity index (χ1n) is 4.37. The fourth-order valence-electron chi connectivity index (χ4n) is 1.45. The van der Waals surface area contributed by atoms with E-state index in [1.54, 1.807) is 0 Å². The summed E-state index contributed by atoms with van der Waals surface area (Å²) in [7, 11) is 0.410. The molecular weight excluding hydrogens is 191 g/mol. The van der Waals surface area contributed by atoms with Crippen molar-refractivity contribution in [1.82, 2.24) is 4.90 Å². The van der Waals surface area contributed by atoms with Gasteiger partial charge in [0.05, 0.1) is 27.2 Å². The van der Waals surface area contributed by atoms with Gasteiger partial charge in [-0.25, -0.2) is 0 Å². The highest BCUT2D eigenvalue weighted by molar-refractivity contribution is 7.51. The quantitative estimate of drug-likeness (QED) is 0.476. The predicted molar refractivity (Wildman–Crippen MR) is 50.3 cm³/mol. The molecule has 0 spiro atoms. The van der Waals surface area contributed by atoms with Crippen LogP contribution in [0.25, 0.3) is 0 Å². The summed E-state index contributed by atoms with van der Waals surface area (Å²) in [6.45, 7) is 3.47. The average molecular weight is 209 g/mol. The molecule has 6 heteroatoms. The van der Waals surface area contributed by atoms with Gasteiger partial charge in [0.2, 0.25) is 0 Å². The lowest BCUT2D eigenvalue weighted by molar-refractivity contribution is -0.894. The average Bonchev–Trinajstić information content (AvgIpc) is 1.91. The Morgan fingerprint density at radius 2 is 1.77 bits per heavy atom. The van der Waals surface area contributed by atoms with Crippen molar-refractivity contribution in [2.45, 2.75) is 0 Å². The third-order valence-corrected chi connectivity index (χ3v) is 3.20. The second kappa shape index (κ2) is 3.67. The van der Waals surface area contributed by atoms with Crippen molar-refractivity contribution < 1.29 is 18.8 Å². The molecule has 0 aromatic carbocycles. The van der Waals surface area contributed by atoms with Crippen LogP contribution in [0, 0.1) is 0 Å². The number of quaternary nitrogens is 1. The van der Waals surface area contributed by atoms with Crippen LogP contribution in [0.15, 0.2) is 0 Å². The van der Waals surface area contributed by atoms with Crippen LogP contribution in [0.1, 0.15) is 0 Å². The molecule has 1 fully saturated rings. The van der Waals surface area contributed by atoms with Crippen LogP contribution < -0.4 is 0 Å². The zero-order valence-electron chi connectivity index (χ0n) is 8.18. The van der Waals surface area contributed by atoms with Gasteiger partial charge in [-0.3, -0.25) is 9.46 Å². The van der Waals surface area contributed by atoms with Gasteiger partial charge in [-0.2, -0.15) is 0 Å². The lowest BCUT2D eigenvalue weighted by atomic mass is 10.3. The lowest BCUT2D eigenvalue weighted by Gasteiger charge is -2.38. The summed E-state index contributed by atoms with van der Waals surface area (Å²) in [5, 5.41) is 0. The van der Waals surface area contributed by atoms with Gasteiger partial charge in [0.25, 0.3) is 0 Å². The van der Waals surface area contributed by atoms with Gasteiger partial charge < -0.3 is 14.3 Å². The minimum atomic E-state index is -3.86. The van der Waals surface area contributed by atoms with E-state index in [-0.39, 0.29) is 6.29 Å². The molecule has 0 unspecified atom stereocenters. The van der Waals surface area contributed by atoms with Crippen LogP contribution in [-0.4, -0.2) is 65.7 Å². The van der Waals surface area contributed by atoms with E-state index >= 15 is 0 Å². The van der Waals surface area contributed by atoms with Gasteiger partial charge in [0.15, 0.2) is 0 Å². The number of nitrogens with zero attached hydrogens (tertiary/aromatic N) is 2. The van der Waals surface area contributed by atoms with Crippen LogP contribution in [-0.2, 0) is 4.57 Å². The molecule has 78 valence electrons. The Balaban J connectivity index is 2.38. The molecule has 1 aliphatic heterocycles. The fraction of sp³-hybridized carbons (Fsp3) is 1.00. The topological polar surface area (TPSA) is 60.8 Å². The summed E-state index contributed by atoms with van der Waals surface area (Å²) in [5.74, 6) is 0. The smallest absolute Gasteiger partial charge is 0.326 e. The van der Waals surface area contributed by atoms with Crippen LogP contribution in [0.4, 0.5) is 0 Å². The molecule has 0 aromatic heterocycles. The summed E-state index contributed by atoms with van der Waals surface area (Å²) in [5.41, 5.74) is 0. The molecule has 0 saturated carbocycles. The summed E-state index contributed by atoms with van der Waals surface area (Å²) >= 11 is 0. The monoisotopic (exact) mass is 209 g/mol. The first kappa shape index (κ1) is 11.1. The second-order valence-corrected chi connectivity index (χ2v) is 5.92. The molecule has 1 saturated heterocycles. The first-order chi connectivity index (χ1) is 5.79. The molecule has 0 radical (unpaired) electrons. The van der Waals surface area contributed by atoms with Crippen LogP contribution in [0.2, 0.25) is 0 Å². The summed E-state index contributed by atoms with van der Waals surface area (Å²) in [4.78, 5) is 19.4. The van der Waals surface area contributed by atoms with E-state index in [1.807, 2.05) is 4.90 Å². The Hall–Kier alpha value is 0.0700. The molecular formula is C7H18N2O3P+. The number of hydrogen-bond acceptors (Lipinski definition) is 2. The Labute approximate surface area is 78.7 Å². The van der Waals surface area contributed by atoms with E-state index in [1.165, 1.54) is 0 Å². The van der Waals surface area contributed by atoms with E-state index in [0.29, 0.717) is 0 Å². The van der Waals surface area contributed by atoms with Crippen LogP contribution in [0.5, 0.6) is 0 Å². The Kier molecular flexibility index (Phi) is 3.15. The lowest BCUT2D eigenvalue weighted by Crippen LogP contribution is -2.54. The highest BCUT2D eigenvalue weighted by atomic mass is 31.2. The number of rotatable bonds is 2. The standard InChI is InChI=1S/C7H17N2O3P/c1-9(2)5-3-8(4-6-9)7-13(10,11)12/h3-7H2,1-2H3,(H-,10,11,12)/p+1. The maximum Gasteiger partial charge on any atom is 0.339 e. The molecule has 0 atom stereocenters. The van der Waals surface area contributed by atoms with Crippen molar-refractivity contribution in [2.75, 3.05) is 46.6 Å². The minimum absolute atomic E-state index is 0.0903. The Morgan fingerprint density at radius 1 is 1.31 bits per heavy atom. The molecule has 0 aliphatic carbocycles. The molecule has 2 N–H and O–H groups in total. The minimum Gasteiger partial charge on any atom is -0.326 e. The number of piperazine rings is 1. The predicted octanol–water partition coefficient (Wildman–Crippen LogP) is -0.486. The van der Waals surface area contributed by atoms with Gasteiger partial charge in [-0.05, 0) is 0 Å². The number of likely N-dealkylation sites (N-methyl/N-ethyl adjacent to an activating group) is 1. The van der Waals surface area contributed by atoms with Crippen molar-refractivity contribution >= 4 is 7.60 Å². The van der Waals surface area contributed by atoms with E-state index in [2.05, 4.69) is 14.1 Å². The molecule has 0 bridgehead atoms. The van der Waals surface area contributed by atoms with Gasteiger partial charge >= 0.3 is 7.60 Å². The van der Waals surface area contributed by atoms with Crippen molar-refractivity contribution in [3.05, 3.63) is 0 Å². The van der Waals surface area contributed by atoms with Crippen molar-refractivity contribution in [2.24, 2.45) is 0 Å². The molecule has 0 amide bonds. The van der Waals surface area contributed by atoms with E-state index < -0.39 is 7.60 Å². The van der Waals surface area contributed by atoms with E-state index in [4.69, 9.17) is 9.79 Å². The summed E-state index contributed by atoms with van der Waals surface area (Å²) in [6, 6.07) is 0. The third kappa shape index (κ3) is 4.20. The molecule has 13 heavy (non-hydrogen) atoms. The summed E-state index contributed by atoms with van der Waals surface area (Å²) < 4.78 is 11.7. The van der Waals surface area contributed by atoms with Crippen molar-refractivity contribution in [3.63, 3.8) is 0 Å². The molecule has 5 nitrogen and oxygen atoms in total.